The van der Waals surface area contributed by atoms with Crippen LogP contribution in [0.2, 0.25) is 0 Å². The highest BCUT2D eigenvalue weighted by molar-refractivity contribution is 5.42. The molecule has 1 aliphatic rings. The van der Waals surface area contributed by atoms with E-state index in [9.17, 15) is 5.11 Å². The molecule has 5 heteroatoms. The minimum absolute atomic E-state index is 0.0138. The zero-order chi connectivity index (χ0) is 14.1. The fraction of sp³-hybridized carbons (Fsp3) is 0.467. The van der Waals surface area contributed by atoms with Gasteiger partial charge >= 0.3 is 0 Å². The van der Waals surface area contributed by atoms with Crippen LogP contribution < -0.4 is 4.74 Å². The van der Waals surface area contributed by atoms with Gasteiger partial charge in [0.2, 0.25) is 5.89 Å². The molecule has 2 atom stereocenters. The minimum atomic E-state index is -0.463. The number of ether oxygens (including phenoxy) is 1. The van der Waals surface area contributed by atoms with E-state index in [2.05, 4.69) is 10.1 Å². The number of benzene rings is 1. The fourth-order valence-electron chi connectivity index (χ4n) is 2.28. The number of aromatic nitrogens is 2. The quantitative estimate of drug-likeness (QED) is 0.925. The van der Waals surface area contributed by atoms with E-state index in [4.69, 9.17) is 9.26 Å². The molecule has 2 heterocycles. The Morgan fingerprint density at radius 1 is 1.35 bits per heavy atom. The van der Waals surface area contributed by atoms with Gasteiger partial charge in [0, 0.05) is 5.56 Å². The van der Waals surface area contributed by atoms with E-state index in [1.54, 1.807) is 0 Å². The van der Waals surface area contributed by atoms with Gasteiger partial charge in [-0.05, 0) is 12.0 Å². The molecule has 0 bridgehead atoms. The lowest BCUT2D eigenvalue weighted by atomic mass is 10.0. The maximum absolute atomic E-state index is 9.86. The average molecular weight is 274 g/mol. The normalized spacial score (nSPS) is 18.9. The van der Waals surface area contributed by atoms with Gasteiger partial charge in [0.1, 0.15) is 12.4 Å². The Morgan fingerprint density at radius 2 is 2.15 bits per heavy atom. The first kappa shape index (κ1) is 13.1. The SMILES string of the molecule is CC(C)C(O)Cc1nc(C2COc3ccccc32)no1. The van der Waals surface area contributed by atoms with Crippen LogP contribution in [0.15, 0.2) is 28.8 Å². The Kier molecular flexibility index (Phi) is 3.44. The van der Waals surface area contributed by atoms with Gasteiger partial charge in [-0.3, -0.25) is 0 Å². The van der Waals surface area contributed by atoms with Gasteiger partial charge < -0.3 is 14.4 Å². The lowest BCUT2D eigenvalue weighted by Gasteiger charge is -2.10. The summed E-state index contributed by atoms with van der Waals surface area (Å²) in [5.41, 5.74) is 1.09. The predicted molar refractivity (Wildman–Crippen MR) is 72.6 cm³/mol. The van der Waals surface area contributed by atoms with Gasteiger partial charge in [0.15, 0.2) is 5.82 Å². The molecule has 0 amide bonds. The van der Waals surface area contributed by atoms with E-state index < -0.39 is 6.10 Å². The smallest absolute Gasteiger partial charge is 0.229 e. The third-order valence-corrected chi connectivity index (χ3v) is 3.65. The molecule has 5 nitrogen and oxygen atoms in total. The van der Waals surface area contributed by atoms with Crippen LogP contribution >= 0.6 is 0 Å². The molecule has 3 rings (SSSR count). The summed E-state index contributed by atoms with van der Waals surface area (Å²) in [5, 5.41) is 13.9. The number of fused-ring (bicyclic) bond motifs is 1. The van der Waals surface area contributed by atoms with Crippen molar-refractivity contribution in [1.82, 2.24) is 10.1 Å². The molecule has 20 heavy (non-hydrogen) atoms. The first-order valence-electron chi connectivity index (χ1n) is 6.87. The van der Waals surface area contributed by atoms with Crippen LogP contribution in [0.25, 0.3) is 0 Å². The highest BCUT2D eigenvalue weighted by Crippen LogP contribution is 2.36. The Labute approximate surface area is 117 Å². The largest absolute Gasteiger partial charge is 0.492 e. The van der Waals surface area contributed by atoms with Crippen molar-refractivity contribution in [3.63, 3.8) is 0 Å². The number of para-hydroxylation sites is 1. The van der Waals surface area contributed by atoms with Crippen LogP contribution in [0.3, 0.4) is 0 Å². The first-order chi connectivity index (χ1) is 9.65. The summed E-state index contributed by atoms with van der Waals surface area (Å²) in [4.78, 5) is 4.40. The zero-order valence-electron chi connectivity index (χ0n) is 11.6. The highest BCUT2D eigenvalue weighted by atomic mass is 16.5. The maximum atomic E-state index is 9.86. The van der Waals surface area contributed by atoms with Gasteiger partial charge in [0.05, 0.1) is 18.4 Å². The van der Waals surface area contributed by atoms with Crippen LogP contribution in [-0.2, 0) is 6.42 Å². The number of aliphatic hydroxyl groups excluding tert-OH is 1. The average Bonchev–Trinajstić information content (AvgIpc) is 3.04. The molecule has 0 spiro atoms. The highest BCUT2D eigenvalue weighted by Gasteiger charge is 2.29. The molecular weight excluding hydrogens is 256 g/mol. The van der Waals surface area contributed by atoms with E-state index in [1.165, 1.54) is 0 Å². The van der Waals surface area contributed by atoms with E-state index in [1.807, 2.05) is 38.1 Å². The van der Waals surface area contributed by atoms with Crippen LogP contribution in [0.4, 0.5) is 0 Å². The van der Waals surface area contributed by atoms with E-state index in [-0.39, 0.29) is 11.8 Å². The number of aliphatic hydroxyl groups is 1. The molecule has 1 aliphatic heterocycles. The molecule has 1 aromatic carbocycles. The number of hydrogen-bond donors (Lipinski definition) is 1. The van der Waals surface area contributed by atoms with Gasteiger partial charge in [0.25, 0.3) is 0 Å². The van der Waals surface area contributed by atoms with Crippen LogP contribution in [-0.4, -0.2) is 28.0 Å². The Morgan fingerprint density at radius 3 is 2.95 bits per heavy atom. The molecule has 1 aromatic heterocycles. The summed E-state index contributed by atoms with van der Waals surface area (Å²) in [6.45, 7) is 4.46. The summed E-state index contributed by atoms with van der Waals surface area (Å²) in [7, 11) is 0. The molecule has 0 aliphatic carbocycles. The topological polar surface area (TPSA) is 68.4 Å². The summed E-state index contributed by atoms with van der Waals surface area (Å²) in [6, 6.07) is 7.89. The molecule has 106 valence electrons. The fourth-order valence-corrected chi connectivity index (χ4v) is 2.28. The third-order valence-electron chi connectivity index (χ3n) is 3.65. The monoisotopic (exact) mass is 274 g/mol. The molecule has 2 aromatic rings. The lowest BCUT2D eigenvalue weighted by molar-refractivity contribution is 0.116. The van der Waals surface area contributed by atoms with E-state index in [0.29, 0.717) is 24.7 Å². The zero-order valence-corrected chi connectivity index (χ0v) is 11.6. The van der Waals surface area contributed by atoms with Crippen molar-refractivity contribution >= 4 is 0 Å². The summed E-state index contributed by atoms with van der Waals surface area (Å²) < 4.78 is 10.9. The van der Waals surface area contributed by atoms with E-state index >= 15 is 0 Å². The van der Waals surface area contributed by atoms with Gasteiger partial charge in [-0.1, -0.05) is 37.2 Å². The lowest BCUT2D eigenvalue weighted by Crippen LogP contribution is -2.17. The second-order valence-corrected chi connectivity index (χ2v) is 5.46. The van der Waals surface area contributed by atoms with Crippen molar-refractivity contribution in [3.8, 4) is 5.75 Å². The molecular formula is C15H18N2O3. The molecule has 2 unspecified atom stereocenters. The van der Waals surface area contributed by atoms with Crippen molar-refractivity contribution in [2.75, 3.05) is 6.61 Å². The van der Waals surface area contributed by atoms with Crippen LogP contribution in [0.5, 0.6) is 5.75 Å². The number of rotatable bonds is 4. The van der Waals surface area contributed by atoms with Crippen LogP contribution in [0.1, 0.15) is 37.0 Å². The van der Waals surface area contributed by atoms with Crippen LogP contribution in [0, 0.1) is 5.92 Å². The van der Waals surface area contributed by atoms with Crippen molar-refractivity contribution in [2.45, 2.75) is 32.3 Å². The summed E-state index contributed by atoms with van der Waals surface area (Å²) >= 11 is 0. The minimum Gasteiger partial charge on any atom is -0.492 e. The molecule has 1 N–H and O–H groups in total. The summed E-state index contributed by atoms with van der Waals surface area (Å²) in [5.74, 6) is 2.17. The van der Waals surface area contributed by atoms with Gasteiger partial charge in [-0.25, -0.2) is 0 Å². The second kappa shape index (κ2) is 5.25. The first-order valence-corrected chi connectivity index (χ1v) is 6.87. The maximum Gasteiger partial charge on any atom is 0.229 e. The standard InChI is InChI=1S/C15H18N2O3/c1-9(2)12(18)7-14-16-15(17-20-14)11-8-19-13-6-4-3-5-10(11)13/h3-6,9,11-12,18H,7-8H2,1-2H3. The number of nitrogens with zero attached hydrogens (tertiary/aromatic N) is 2. The molecule has 0 fully saturated rings. The molecule has 0 saturated heterocycles. The van der Waals surface area contributed by atoms with E-state index in [0.717, 1.165) is 11.3 Å². The van der Waals surface area contributed by atoms with Crippen molar-refractivity contribution in [2.24, 2.45) is 5.92 Å². The Bertz CT molecular complexity index is 594. The van der Waals surface area contributed by atoms with Gasteiger partial charge in [-0.2, -0.15) is 4.98 Å². The Hall–Kier alpha value is -1.88. The molecule has 0 saturated carbocycles. The predicted octanol–water partition coefficient (Wildman–Crippen LogP) is 2.15. The second-order valence-electron chi connectivity index (χ2n) is 5.46. The van der Waals surface area contributed by atoms with Gasteiger partial charge in [-0.15, -0.1) is 0 Å². The van der Waals surface area contributed by atoms with Crippen molar-refractivity contribution in [1.29, 1.82) is 0 Å². The third kappa shape index (κ3) is 2.41. The molecule has 0 radical (unpaired) electrons. The van der Waals surface area contributed by atoms with Crippen molar-refractivity contribution in [3.05, 3.63) is 41.5 Å². The Balaban J connectivity index is 1.78. The summed E-state index contributed by atoms with van der Waals surface area (Å²) in [6.07, 6.45) is -0.0738. The number of hydrogen-bond acceptors (Lipinski definition) is 5. The van der Waals surface area contributed by atoms with Crippen molar-refractivity contribution < 1.29 is 14.4 Å².